The van der Waals surface area contributed by atoms with Crippen molar-refractivity contribution in [3.05, 3.63) is 48.2 Å². The summed E-state index contributed by atoms with van der Waals surface area (Å²) in [4.78, 5) is 3.85. The van der Waals surface area contributed by atoms with E-state index in [9.17, 15) is 13.2 Å². The summed E-state index contributed by atoms with van der Waals surface area (Å²) in [6.45, 7) is 3.71. The van der Waals surface area contributed by atoms with Gasteiger partial charge in [-0.1, -0.05) is 18.7 Å². The minimum atomic E-state index is -4.71. The summed E-state index contributed by atoms with van der Waals surface area (Å²) < 4.78 is 40.1. The van der Waals surface area contributed by atoms with Gasteiger partial charge in [-0.15, -0.1) is 13.2 Å². The first-order chi connectivity index (χ1) is 8.37. The maximum atomic E-state index is 12.1. The lowest BCUT2D eigenvalue weighted by Gasteiger charge is -2.10. The van der Waals surface area contributed by atoms with Crippen LogP contribution in [0, 0.1) is 0 Å². The molecule has 1 aromatic rings. The Kier molecular flexibility index (Phi) is 2.86. The number of halogens is 3. The van der Waals surface area contributed by atoms with Crippen molar-refractivity contribution >= 4 is 11.4 Å². The number of rotatable bonds is 2. The minimum absolute atomic E-state index is 0.257. The van der Waals surface area contributed by atoms with E-state index in [0.717, 1.165) is 0 Å². The molecule has 3 nitrogen and oxygen atoms in total. The first-order valence-electron chi connectivity index (χ1n) is 4.96. The lowest BCUT2D eigenvalue weighted by Crippen LogP contribution is -2.17. The van der Waals surface area contributed by atoms with E-state index in [1.807, 2.05) is 0 Å². The van der Waals surface area contributed by atoms with Gasteiger partial charge in [-0.25, -0.2) is 4.99 Å². The zero-order chi connectivity index (χ0) is 13.3. The van der Waals surface area contributed by atoms with Gasteiger partial charge in [-0.3, -0.25) is 0 Å². The molecular formula is C12H9F3N2O. The monoisotopic (exact) mass is 254 g/mol. The Labute approximate surface area is 101 Å². The third-order valence-electron chi connectivity index (χ3n) is 2.35. The maximum Gasteiger partial charge on any atom is 0.573 e. The van der Waals surface area contributed by atoms with Gasteiger partial charge in [-0.2, -0.15) is 0 Å². The van der Waals surface area contributed by atoms with Crippen molar-refractivity contribution in [2.24, 2.45) is 10.7 Å². The number of alkyl halides is 3. The normalized spacial score (nSPS) is 15.4. The average Bonchev–Trinajstić information content (AvgIpc) is 2.58. The van der Waals surface area contributed by atoms with Crippen LogP contribution >= 0.6 is 0 Å². The van der Waals surface area contributed by atoms with E-state index >= 15 is 0 Å². The molecule has 0 saturated carbocycles. The molecule has 0 aliphatic carbocycles. The summed E-state index contributed by atoms with van der Waals surface area (Å²) in [6.07, 6.45) is -3.25. The number of hydrogen-bond donors (Lipinski definition) is 1. The number of aliphatic imine (C=N–C) groups is 1. The zero-order valence-electron chi connectivity index (χ0n) is 9.16. The van der Waals surface area contributed by atoms with Crippen LogP contribution in [0.5, 0.6) is 5.75 Å². The highest BCUT2D eigenvalue weighted by Gasteiger charge is 2.31. The van der Waals surface area contributed by atoms with Gasteiger partial charge in [0.15, 0.2) is 0 Å². The number of nitrogens with zero attached hydrogens (tertiary/aromatic N) is 1. The second-order valence-corrected chi connectivity index (χ2v) is 3.61. The molecule has 2 rings (SSSR count). The Morgan fingerprint density at radius 2 is 2.00 bits per heavy atom. The minimum Gasteiger partial charge on any atom is -0.406 e. The highest BCUT2D eigenvalue weighted by Crippen LogP contribution is 2.30. The summed E-state index contributed by atoms with van der Waals surface area (Å²) in [7, 11) is 0. The van der Waals surface area contributed by atoms with Gasteiger partial charge in [0.05, 0.1) is 0 Å². The molecule has 1 aromatic carbocycles. The summed E-state index contributed by atoms with van der Waals surface area (Å²) in [6, 6.07) is 5.57. The molecule has 2 N–H and O–H groups in total. The van der Waals surface area contributed by atoms with E-state index in [1.165, 1.54) is 24.4 Å². The molecule has 18 heavy (non-hydrogen) atoms. The summed E-state index contributed by atoms with van der Waals surface area (Å²) >= 11 is 0. The largest absolute Gasteiger partial charge is 0.573 e. The van der Waals surface area contributed by atoms with Gasteiger partial charge < -0.3 is 10.5 Å². The van der Waals surface area contributed by atoms with Crippen LogP contribution in [0.3, 0.4) is 0 Å². The molecule has 0 saturated heterocycles. The third-order valence-corrected chi connectivity index (χ3v) is 2.35. The quantitative estimate of drug-likeness (QED) is 0.882. The van der Waals surface area contributed by atoms with Crippen molar-refractivity contribution in [1.82, 2.24) is 0 Å². The molecule has 0 bridgehead atoms. The molecule has 0 amide bonds. The summed E-state index contributed by atoms with van der Waals surface area (Å²) in [5.74, 6) is -0.0358. The molecule has 94 valence electrons. The first-order valence-corrected chi connectivity index (χ1v) is 4.96. The van der Waals surface area contributed by atoms with Crippen LogP contribution in [0.25, 0.3) is 5.57 Å². The van der Waals surface area contributed by atoms with Gasteiger partial charge in [0.25, 0.3) is 0 Å². The molecule has 1 heterocycles. The Bertz CT molecular complexity index is 559. The van der Waals surface area contributed by atoms with E-state index in [-0.39, 0.29) is 11.6 Å². The number of ether oxygens (including phenoxy) is 1. The van der Waals surface area contributed by atoms with Crippen LogP contribution < -0.4 is 10.5 Å². The molecular weight excluding hydrogens is 245 g/mol. The molecule has 1 aliphatic heterocycles. The lowest BCUT2D eigenvalue weighted by atomic mass is 10.0. The van der Waals surface area contributed by atoms with E-state index in [4.69, 9.17) is 5.73 Å². The Hall–Kier alpha value is -2.24. The third kappa shape index (κ3) is 2.53. The van der Waals surface area contributed by atoms with E-state index in [1.54, 1.807) is 6.07 Å². The fourth-order valence-electron chi connectivity index (χ4n) is 1.54. The van der Waals surface area contributed by atoms with Gasteiger partial charge in [0, 0.05) is 17.3 Å². The van der Waals surface area contributed by atoms with E-state index in [0.29, 0.717) is 16.7 Å². The standard InChI is InChI=1S/C12H9F3N2O/c1-7-10(6-17-11(7)16)8-3-2-4-9(5-8)18-12(13,14)15/h2-6H,1H2,(H2,16,17). The van der Waals surface area contributed by atoms with Crippen LogP contribution in [0.15, 0.2) is 47.6 Å². The van der Waals surface area contributed by atoms with Crippen LogP contribution in [0.4, 0.5) is 13.2 Å². The van der Waals surface area contributed by atoms with Crippen molar-refractivity contribution < 1.29 is 17.9 Å². The predicted octanol–water partition coefficient (Wildman–Crippen LogP) is 2.85. The Balaban J connectivity index is 2.27. The van der Waals surface area contributed by atoms with Crippen molar-refractivity contribution in [2.45, 2.75) is 6.36 Å². The molecule has 0 radical (unpaired) electrons. The van der Waals surface area contributed by atoms with E-state index < -0.39 is 6.36 Å². The second-order valence-electron chi connectivity index (χ2n) is 3.61. The van der Waals surface area contributed by atoms with Gasteiger partial charge in [0.1, 0.15) is 11.6 Å². The Morgan fingerprint density at radius 1 is 1.28 bits per heavy atom. The number of hydrogen-bond acceptors (Lipinski definition) is 3. The first kappa shape index (κ1) is 12.2. The van der Waals surface area contributed by atoms with Gasteiger partial charge in [0.2, 0.25) is 0 Å². The van der Waals surface area contributed by atoms with Crippen molar-refractivity contribution in [1.29, 1.82) is 0 Å². The van der Waals surface area contributed by atoms with Crippen molar-refractivity contribution in [3.63, 3.8) is 0 Å². The average molecular weight is 254 g/mol. The van der Waals surface area contributed by atoms with Crippen molar-refractivity contribution in [3.8, 4) is 5.75 Å². The van der Waals surface area contributed by atoms with Crippen LogP contribution in [-0.4, -0.2) is 12.2 Å². The fraction of sp³-hybridized carbons (Fsp3) is 0.0833. The highest BCUT2D eigenvalue weighted by molar-refractivity contribution is 6.14. The molecule has 6 heteroatoms. The maximum absolute atomic E-state index is 12.1. The van der Waals surface area contributed by atoms with Crippen LogP contribution in [0.1, 0.15) is 5.56 Å². The van der Waals surface area contributed by atoms with Crippen LogP contribution in [-0.2, 0) is 0 Å². The number of benzene rings is 1. The molecule has 0 aromatic heterocycles. The Morgan fingerprint density at radius 3 is 2.56 bits per heavy atom. The summed E-state index contributed by atoms with van der Waals surface area (Å²) in [5.41, 5.74) is 7.12. The lowest BCUT2D eigenvalue weighted by molar-refractivity contribution is -0.274. The topological polar surface area (TPSA) is 47.6 Å². The molecule has 0 unspecified atom stereocenters. The molecule has 0 spiro atoms. The number of amidine groups is 1. The number of nitrogens with two attached hydrogens (primary N) is 1. The second kappa shape index (κ2) is 4.21. The molecule has 0 fully saturated rings. The van der Waals surface area contributed by atoms with Crippen molar-refractivity contribution in [2.75, 3.05) is 0 Å². The zero-order valence-corrected chi connectivity index (χ0v) is 9.16. The molecule has 1 aliphatic rings. The summed E-state index contributed by atoms with van der Waals surface area (Å²) in [5, 5.41) is 0. The predicted molar refractivity (Wildman–Crippen MR) is 61.9 cm³/mol. The SMILES string of the molecule is C=C1C(c2cccc(OC(F)(F)F)c2)=CN=C1N. The van der Waals surface area contributed by atoms with E-state index in [2.05, 4.69) is 16.3 Å². The van der Waals surface area contributed by atoms with Gasteiger partial charge >= 0.3 is 6.36 Å². The molecule has 0 atom stereocenters. The fourth-order valence-corrected chi connectivity index (χ4v) is 1.54. The van der Waals surface area contributed by atoms with Crippen LogP contribution in [0.2, 0.25) is 0 Å². The van der Waals surface area contributed by atoms with Gasteiger partial charge in [-0.05, 0) is 17.7 Å². The highest BCUT2D eigenvalue weighted by atomic mass is 19.4. The smallest absolute Gasteiger partial charge is 0.406 e.